The van der Waals surface area contributed by atoms with Crippen molar-refractivity contribution in [1.29, 1.82) is 0 Å². The highest BCUT2D eigenvalue weighted by molar-refractivity contribution is 5.98. The second kappa shape index (κ2) is 5.18. The smallest absolute Gasteiger partial charge is 0.252 e. The number of rotatable bonds is 3. The van der Waals surface area contributed by atoms with Crippen LogP contribution in [0.25, 0.3) is 5.69 Å². The monoisotopic (exact) mass is 243 g/mol. The van der Waals surface area contributed by atoms with E-state index in [0.29, 0.717) is 5.82 Å². The summed E-state index contributed by atoms with van der Waals surface area (Å²) in [5.41, 5.74) is 0.909. The number of hydrogen-bond donors (Lipinski definition) is 2. The zero-order chi connectivity index (χ0) is 13.0. The minimum absolute atomic E-state index is 0.0463. The molecule has 0 spiro atoms. The first-order valence-electron chi connectivity index (χ1n) is 5.44. The van der Waals surface area contributed by atoms with Crippen molar-refractivity contribution in [3.8, 4) is 5.69 Å². The second-order valence-electron chi connectivity index (χ2n) is 3.76. The Bertz CT molecular complexity index is 569. The van der Waals surface area contributed by atoms with Crippen LogP contribution in [0.5, 0.6) is 0 Å². The van der Waals surface area contributed by atoms with E-state index in [1.54, 1.807) is 16.9 Å². The highest BCUT2D eigenvalue weighted by atomic mass is 16.3. The average Bonchev–Trinajstić information content (AvgIpc) is 2.77. The molecule has 5 heteroatoms. The van der Waals surface area contributed by atoms with Crippen molar-refractivity contribution in [3.05, 3.63) is 54.4 Å². The van der Waals surface area contributed by atoms with E-state index in [1.165, 1.54) is 6.92 Å². The number of aliphatic hydroxyl groups is 1. The highest BCUT2D eigenvalue weighted by Crippen LogP contribution is 2.09. The summed E-state index contributed by atoms with van der Waals surface area (Å²) in [5.74, 6) is -0.0235. The Kier molecular flexibility index (Phi) is 3.43. The van der Waals surface area contributed by atoms with Crippen LogP contribution in [0.4, 0.5) is 5.82 Å². The van der Waals surface area contributed by atoms with Crippen LogP contribution in [-0.2, 0) is 4.79 Å². The number of aliphatic hydroxyl groups excluding tert-OH is 1. The fraction of sp³-hybridized carbons (Fsp3) is 0.0769. The molecule has 0 bridgehead atoms. The van der Waals surface area contributed by atoms with Gasteiger partial charge < -0.3 is 10.4 Å². The third-order valence-corrected chi connectivity index (χ3v) is 2.20. The minimum atomic E-state index is -0.409. The Morgan fingerprint density at radius 3 is 2.72 bits per heavy atom. The van der Waals surface area contributed by atoms with Crippen LogP contribution in [0.2, 0.25) is 0 Å². The summed E-state index contributed by atoms with van der Waals surface area (Å²) in [6.07, 6.45) is 2.85. The molecule has 92 valence electrons. The summed E-state index contributed by atoms with van der Waals surface area (Å²) < 4.78 is 1.66. The number of anilines is 1. The molecule has 1 aromatic heterocycles. The lowest BCUT2D eigenvalue weighted by atomic mass is 10.3. The van der Waals surface area contributed by atoms with Crippen molar-refractivity contribution in [2.75, 3.05) is 5.32 Å². The van der Waals surface area contributed by atoms with Crippen LogP contribution in [0, 0.1) is 0 Å². The summed E-state index contributed by atoms with van der Waals surface area (Å²) >= 11 is 0. The second-order valence-corrected chi connectivity index (χ2v) is 3.76. The largest absolute Gasteiger partial charge is 0.512 e. The predicted octanol–water partition coefficient (Wildman–Crippen LogP) is 2.27. The van der Waals surface area contributed by atoms with Gasteiger partial charge in [0.1, 0.15) is 0 Å². The Morgan fingerprint density at radius 2 is 2.06 bits per heavy atom. The predicted molar refractivity (Wildman–Crippen MR) is 68.6 cm³/mol. The fourth-order valence-electron chi connectivity index (χ4n) is 1.47. The van der Waals surface area contributed by atoms with Crippen molar-refractivity contribution in [3.63, 3.8) is 0 Å². The topological polar surface area (TPSA) is 67.2 Å². The third-order valence-electron chi connectivity index (χ3n) is 2.20. The molecule has 1 amide bonds. The normalized spacial score (nSPS) is 11.3. The zero-order valence-corrected chi connectivity index (χ0v) is 9.87. The molecule has 5 nitrogen and oxygen atoms in total. The van der Waals surface area contributed by atoms with Gasteiger partial charge in [0.25, 0.3) is 5.91 Å². The van der Waals surface area contributed by atoms with Crippen LogP contribution in [-0.4, -0.2) is 20.8 Å². The molecule has 2 N–H and O–H groups in total. The van der Waals surface area contributed by atoms with Crippen LogP contribution >= 0.6 is 0 Å². The van der Waals surface area contributed by atoms with E-state index in [1.807, 2.05) is 30.3 Å². The number of benzene rings is 1. The quantitative estimate of drug-likeness (QED) is 0.642. The summed E-state index contributed by atoms with van der Waals surface area (Å²) in [6, 6.07) is 11.3. The number of allylic oxidation sites excluding steroid dienone is 1. The number of para-hydroxylation sites is 1. The van der Waals surface area contributed by atoms with Crippen molar-refractivity contribution in [2.24, 2.45) is 0 Å². The molecule has 1 aromatic carbocycles. The highest BCUT2D eigenvalue weighted by Gasteiger charge is 2.03. The molecule has 0 fully saturated rings. The first kappa shape index (κ1) is 11.9. The van der Waals surface area contributed by atoms with E-state index < -0.39 is 5.91 Å². The fourth-order valence-corrected chi connectivity index (χ4v) is 1.47. The average molecular weight is 243 g/mol. The molecular formula is C13H13N3O2. The first-order chi connectivity index (χ1) is 8.65. The van der Waals surface area contributed by atoms with Gasteiger partial charge in [-0.1, -0.05) is 18.2 Å². The van der Waals surface area contributed by atoms with Crippen LogP contribution in [0.15, 0.2) is 54.4 Å². The zero-order valence-electron chi connectivity index (χ0n) is 9.87. The standard InChI is InChI=1S/C13H13N3O2/c1-10(17)9-13(18)14-12-7-8-16(15-12)11-5-3-2-4-6-11/h2-9,17H,1H3,(H,14,15,18)/b10-9-. The number of amides is 1. The number of carbonyl (C=O) groups is 1. The maximum atomic E-state index is 11.4. The molecule has 0 aliphatic rings. The SMILES string of the molecule is C/C(O)=C/C(=O)Nc1ccn(-c2ccccc2)n1. The van der Waals surface area contributed by atoms with E-state index in [9.17, 15) is 4.79 Å². The number of carbonyl (C=O) groups excluding carboxylic acids is 1. The van der Waals surface area contributed by atoms with Gasteiger partial charge in [-0.15, -0.1) is 0 Å². The molecule has 0 atom stereocenters. The molecule has 0 saturated heterocycles. The molecule has 2 aromatic rings. The minimum Gasteiger partial charge on any atom is -0.512 e. The lowest BCUT2D eigenvalue weighted by Crippen LogP contribution is -2.09. The maximum absolute atomic E-state index is 11.4. The Morgan fingerprint density at radius 1 is 1.33 bits per heavy atom. The number of nitrogens with one attached hydrogen (secondary N) is 1. The van der Waals surface area contributed by atoms with Crippen molar-refractivity contribution < 1.29 is 9.90 Å². The lowest BCUT2D eigenvalue weighted by molar-refractivity contribution is -0.112. The van der Waals surface area contributed by atoms with Crippen molar-refractivity contribution in [2.45, 2.75) is 6.92 Å². The molecule has 18 heavy (non-hydrogen) atoms. The Hall–Kier alpha value is -2.56. The molecular weight excluding hydrogens is 230 g/mol. The lowest BCUT2D eigenvalue weighted by Gasteiger charge is -2.00. The Labute approximate surface area is 104 Å². The molecule has 2 rings (SSSR count). The number of aromatic nitrogens is 2. The molecule has 0 radical (unpaired) electrons. The molecule has 0 aliphatic carbocycles. The van der Waals surface area contributed by atoms with Gasteiger partial charge in [-0.2, -0.15) is 5.10 Å². The summed E-state index contributed by atoms with van der Waals surface area (Å²) in [5, 5.41) is 15.7. The van der Waals surface area contributed by atoms with E-state index in [-0.39, 0.29) is 5.76 Å². The van der Waals surface area contributed by atoms with Gasteiger partial charge in [0.05, 0.1) is 11.4 Å². The third kappa shape index (κ3) is 2.98. The molecule has 0 aliphatic heterocycles. The van der Waals surface area contributed by atoms with Crippen molar-refractivity contribution >= 4 is 11.7 Å². The van der Waals surface area contributed by atoms with Crippen LogP contribution in [0.3, 0.4) is 0 Å². The number of nitrogens with zero attached hydrogens (tertiary/aromatic N) is 2. The van der Waals surface area contributed by atoms with Gasteiger partial charge in [-0.05, 0) is 19.1 Å². The first-order valence-corrected chi connectivity index (χ1v) is 5.44. The van der Waals surface area contributed by atoms with Gasteiger partial charge >= 0.3 is 0 Å². The van der Waals surface area contributed by atoms with Gasteiger partial charge in [0.15, 0.2) is 5.82 Å². The van der Waals surface area contributed by atoms with Gasteiger partial charge in [0, 0.05) is 18.3 Å². The Balaban J connectivity index is 2.12. The molecule has 1 heterocycles. The van der Waals surface area contributed by atoms with E-state index >= 15 is 0 Å². The van der Waals surface area contributed by atoms with E-state index in [0.717, 1.165) is 11.8 Å². The summed E-state index contributed by atoms with van der Waals surface area (Å²) in [6.45, 7) is 1.43. The summed E-state index contributed by atoms with van der Waals surface area (Å²) in [4.78, 5) is 11.4. The maximum Gasteiger partial charge on any atom is 0.252 e. The van der Waals surface area contributed by atoms with Gasteiger partial charge in [-0.25, -0.2) is 4.68 Å². The summed E-state index contributed by atoms with van der Waals surface area (Å²) in [7, 11) is 0. The van der Waals surface area contributed by atoms with E-state index in [4.69, 9.17) is 5.11 Å². The van der Waals surface area contributed by atoms with Crippen LogP contribution < -0.4 is 5.32 Å². The van der Waals surface area contributed by atoms with E-state index in [2.05, 4.69) is 10.4 Å². The number of hydrogen-bond acceptors (Lipinski definition) is 3. The van der Waals surface area contributed by atoms with Gasteiger partial charge in [-0.3, -0.25) is 4.79 Å². The van der Waals surface area contributed by atoms with Gasteiger partial charge in [0.2, 0.25) is 0 Å². The molecule has 0 saturated carbocycles. The van der Waals surface area contributed by atoms with Crippen LogP contribution in [0.1, 0.15) is 6.92 Å². The van der Waals surface area contributed by atoms with Crippen molar-refractivity contribution in [1.82, 2.24) is 9.78 Å². The molecule has 0 unspecified atom stereocenters.